The minimum atomic E-state index is -1.85. The lowest BCUT2D eigenvalue weighted by Gasteiger charge is -2.61. The number of rotatable bonds is 12. The molecule has 0 saturated carbocycles. The van der Waals surface area contributed by atoms with Crippen molar-refractivity contribution in [1.29, 1.82) is 0 Å². The molecular weight excluding hydrogens is 624 g/mol. The molecule has 2 heterocycles. The molecule has 1 fully saturated rings. The number of benzene rings is 1. The van der Waals surface area contributed by atoms with Crippen LogP contribution in [0.15, 0.2) is 24.0 Å². The van der Waals surface area contributed by atoms with Gasteiger partial charge in [0.1, 0.15) is 11.8 Å². The van der Waals surface area contributed by atoms with E-state index in [1.165, 1.54) is 7.11 Å². The third-order valence-electron chi connectivity index (χ3n) is 9.37. The number of hydrogen-bond acceptors (Lipinski definition) is 13. The predicted octanol–water partition coefficient (Wildman–Crippen LogP) is -0.186. The van der Waals surface area contributed by atoms with Gasteiger partial charge in [-0.25, -0.2) is 9.59 Å². The van der Waals surface area contributed by atoms with Gasteiger partial charge in [-0.1, -0.05) is 6.07 Å². The third kappa shape index (κ3) is 5.75. The molecule has 1 spiro atoms. The number of aliphatic carboxylic acids is 2. The highest BCUT2D eigenvalue weighted by molar-refractivity contribution is 5.91. The topological polar surface area (TPSA) is 225 Å². The van der Waals surface area contributed by atoms with Crippen LogP contribution >= 0.6 is 0 Å². The Kier molecular flexibility index (Phi) is 8.94. The van der Waals surface area contributed by atoms with Crippen LogP contribution in [0.3, 0.4) is 0 Å². The zero-order valence-electron chi connectivity index (χ0n) is 26.1. The number of likely N-dealkylation sites (tertiary alicyclic amines) is 1. The zero-order valence-corrected chi connectivity index (χ0v) is 26.1. The van der Waals surface area contributed by atoms with Crippen molar-refractivity contribution in [3.63, 3.8) is 0 Å². The number of nitrogens with zero attached hydrogens (tertiary/aromatic N) is 1. The van der Waals surface area contributed by atoms with Gasteiger partial charge < -0.3 is 49.2 Å². The molecule has 2 aliphatic heterocycles. The van der Waals surface area contributed by atoms with Gasteiger partial charge in [-0.2, -0.15) is 0 Å². The van der Waals surface area contributed by atoms with Gasteiger partial charge in [0.25, 0.3) is 5.91 Å². The van der Waals surface area contributed by atoms with Crippen molar-refractivity contribution >= 4 is 35.8 Å². The van der Waals surface area contributed by atoms with Gasteiger partial charge in [-0.15, -0.1) is 0 Å². The van der Waals surface area contributed by atoms with Gasteiger partial charge in [0, 0.05) is 24.9 Å². The Morgan fingerprint density at radius 3 is 2.49 bits per heavy atom. The molecule has 16 heteroatoms. The SMILES string of the molecule is COc1ccc2c3c1O[C@H]1C(OC(=O)C[C@H](OC(C)=O)C(=O)O[C@@H](C)C(=O)N[C@H](CC(=O)O)C(=O)O)=CC[C@@]4(O)[C@H](C2)N(C)CC[C@]314. The molecule has 0 aromatic heterocycles. The summed E-state index contributed by atoms with van der Waals surface area (Å²) in [7, 11) is 3.46. The summed E-state index contributed by atoms with van der Waals surface area (Å²) in [5, 5.41) is 32.3. The number of esters is 3. The van der Waals surface area contributed by atoms with Gasteiger partial charge in [0.15, 0.2) is 23.7 Å². The van der Waals surface area contributed by atoms with Crippen LogP contribution in [0, 0.1) is 0 Å². The highest BCUT2D eigenvalue weighted by Crippen LogP contribution is 2.65. The molecule has 16 nitrogen and oxygen atoms in total. The van der Waals surface area contributed by atoms with E-state index in [-0.39, 0.29) is 18.2 Å². The van der Waals surface area contributed by atoms with E-state index in [4.69, 9.17) is 33.9 Å². The zero-order chi connectivity index (χ0) is 34.4. The fourth-order valence-electron chi connectivity index (χ4n) is 7.25. The van der Waals surface area contributed by atoms with Crippen molar-refractivity contribution in [3.8, 4) is 11.5 Å². The molecule has 2 aliphatic carbocycles. The Hall–Kier alpha value is -4.70. The summed E-state index contributed by atoms with van der Waals surface area (Å²) in [6, 6.07) is 1.71. The Bertz CT molecular complexity index is 1560. The van der Waals surface area contributed by atoms with Crippen LogP contribution in [0.25, 0.3) is 0 Å². The number of carbonyl (C=O) groups is 6. The molecule has 2 bridgehead atoms. The standard InChI is InChI=1S/C31H36N2O14/c1-14(27(38)32-17(28(39)40)12-22(35)36)44-29(41)20(45-15(2)34)13-23(37)46-19-7-8-31(42)21-11-16-5-6-18(43-4)25-24(16)30(31,26(19)47-25)9-10-33(21)3/h5-7,14,17,20-21,26,42H,8-13H2,1-4H3,(H,32,38)(H,35,36)(H,39,40)/t14-,17+,20-,21-,26-,30-,31+/m0/s1. The van der Waals surface area contributed by atoms with Crippen molar-refractivity contribution in [2.45, 2.75) is 87.4 Å². The van der Waals surface area contributed by atoms with Crippen molar-refractivity contribution in [1.82, 2.24) is 10.2 Å². The summed E-state index contributed by atoms with van der Waals surface area (Å²) < 4.78 is 27.8. The van der Waals surface area contributed by atoms with E-state index in [1.54, 1.807) is 12.1 Å². The second-order valence-electron chi connectivity index (χ2n) is 12.1. The largest absolute Gasteiger partial charge is 0.493 e. The maximum atomic E-state index is 13.3. The fourth-order valence-corrected chi connectivity index (χ4v) is 7.25. The summed E-state index contributed by atoms with van der Waals surface area (Å²) >= 11 is 0. The van der Waals surface area contributed by atoms with Crippen LogP contribution in [0.4, 0.5) is 0 Å². The fraction of sp³-hybridized carbons (Fsp3) is 0.548. The number of methoxy groups -OCH3 is 1. The first-order chi connectivity index (χ1) is 22.1. The first-order valence-electron chi connectivity index (χ1n) is 15.0. The molecule has 1 amide bonds. The van der Waals surface area contributed by atoms with E-state index in [0.29, 0.717) is 30.9 Å². The second-order valence-corrected chi connectivity index (χ2v) is 12.1. The van der Waals surface area contributed by atoms with Gasteiger partial charge in [-0.3, -0.25) is 19.2 Å². The third-order valence-corrected chi connectivity index (χ3v) is 9.37. The Morgan fingerprint density at radius 2 is 1.85 bits per heavy atom. The predicted molar refractivity (Wildman–Crippen MR) is 155 cm³/mol. The van der Waals surface area contributed by atoms with Gasteiger partial charge in [0.05, 0.1) is 31.0 Å². The Balaban J connectivity index is 1.33. The lowest BCUT2D eigenvalue weighted by Crippen LogP contribution is -2.74. The van der Waals surface area contributed by atoms with Crippen LogP contribution in [0.2, 0.25) is 0 Å². The van der Waals surface area contributed by atoms with Crippen molar-refractivity contribution in [3.05, 3.63) is 35.1 Å². The number of carboxylic acids is 2. The molecule has 0 radical (unpaired) electrons. The van der Waals surface area contributed by atoms with E-state index in [1.807, 2.05) is 18.4 Å². The highest BCUT2D eigenvalue weighted by atomic mass is 16.6. The monoisotopic (exact) mass is 660 g/mol. The molecule has 47 heavy (non-hydrogen) atoms. The van der Waals surface area contributed by atoms with E-state index in [9.17, 15) is 33.9 Å². The minimum Gasteiger partial charge on any atom is -0.493 e. The number of ether oxygens (including phenoxy) is 5. The average molecular weight is 661 g/mol. The van der Waals surface area contributed by atoms with Crippen molar-refractivity contribution < 1.29 is 67.8 Å². The number of carboxylic acid groups (broad SMARTS) is 2. The molecule has 254 valence electrons. The van der Waals surface area contributed by atoms with Gasteiger partial charge in [0.2, 0.25) is 6.10 Å². The van der Waals surface area contributed by atoms with E-state index >= 15 is 0 Å². The summed E-state index contributed by atoms with van der Waals surface area (Å²) in [5.74, 6) is -6.46. The molecule has 1 saturated heterocycles. The first kappa shape index (κ1) is 33.7. The number of carbonyl (C=O) groups excluding carboxylic acids is 4. The lowest BCUT2D eigenvalue weighted by molar-refractivity contribution is -0.177. The van der Waals surface area contributed by atoms with Gasteiger partial charge in [-0.05, 0) is 51.1 Å². The summed E-state index contributed by atoms with van der Waals surface area (Å²) in [6.07, 6.45) is -3.37. The lowest BCUT2D eigenvalue weighted by atomic mass is 9.50. The number of aliphatic hydroxyl groups is 1. The summed E-state index contributed by atoms with van der Waals surface area (Å²) in [5.41, 5.74) is -0.406. The van der Waals surface area contributed by atoms with E-state index in [0.717, 1.165) is 25.0 Å². The number of piperidine rings is 1. The first-order valence-corrected chi connectivity index (χ1v) is 15.0. The van der Waals surface area contributed by atoms with Crippen LogP contribution in [-0.2, 0) is 54.8 Å². The second kappa shape index (κ2) is 12.5. The molecule has 1 aromatic rings. The van der Waals surface area contributed by atoms with Crippen molar-refractivity contribution in [2.75, 3.05) is 20.7 Å². The van der Waals surface area contributed by atoms with Crippen LogP contribution in [-0.4, -0.2) is 113 Å². The summed E-state index contributed by atoms with van der Waals surface area (Å²) in [4.78, 5) is 74.8. The maximum absolute atomic E-state index is 13.3. The number of likely N-dealkylation sites (N-methyl/N-ethyl adjacent to an activating group) is 1. The quantitative estimate of drug-likeness (QED) is 0.168. The molecule has 5 rings (SSSR count). The average Bonchev–Trinajstić information content (AvgIpc) is 3.35. The molecule has 4 N–H and O–H groups in total. The molecular formula is C31H36N2O14. The van der Waals surface area contributed by atoms with Crippen LogP contribution in [0.1, 0.15) is 50.7 Å². The number of amides is 1. The normalized spacial score (nSPS) is 27.0. The molecule has 0 unspecified atom stereocenters. The maximum Gasteiger partial charge on any atom is 0.348 e. The number of nitrogens with one attached hydrogen (secondary N) is 1. The molecule has 7 atom stereocenters. The minimum absolute atomic E-state index is 0.106. The Morgan fingerprint density at radius 1 is 1.13 bits per heavy atom. The Labute approximate surface area is 268 Å². The van der Waals surface area contributed by atoms with E-state index in [2.05, 4.69) is 4.90 Å². The van der Waals surface area contributed by atoms with Crippen LogP contribution < -0.4 is 14.8 Å². The molecule has 1 aromatic carbocycles. The van der Waals surface area contributed by atoms with Crippen LogP contribution in [0.5, 0.6) is 11.5 Å². The smallest absolute Gasteiger partial charge is 0.348 e. The van der Waals surface area contributed by atoms with Crippen molar-refractivity contribution in [2.24, 2.45) is 0 Å². The van der Waals surface area contributed by atoms with Gasteiger partial charge >= 0.3 is 29.8 Å². The van der Waals surface area contributed by atoms with E-state index < -0.39 is 84.0 Å². The summed E-state index contributed by atoms with van der Waals surface area (Å²) in [6.45, 7) is 2.71. The highest BCUT2D eigenvalue weighted by Gasteiger charge is 2.72. The molecule has 4 aliphatic rings. The number of hydrogen-bond donors (Lipinski definition) is 4.